The van der Waals surface area contributed by atoms with Crippen LogP contribution in [-0.4, -0.2) is 30.7 Å². The Labute approximate surface area is 70.0 Å². The van der Waals surface area contributed by atoms with Gasteiger partial charge < -0.3 is 4.48 Å². The maximum Gasteiger partial charge on any atom is 0.0817 e. The molecule has 2 rings (SSSR count). The summed E-state index contributed by atoms with van der Waals surface area (Å²) in [5.41, 5.74) is 0. The standard InChI is InChI=1S/C10H20N/c1-9-7-11(8-10(9)2)5-3-4-6-11/h9-10H,3-8H2,1-2H3/q+1. The summed E-state index contributed by atoms with van der Waals surface area (Å²) in [7, 11) is 0. The molecule has 1 spiro atoms. The van der Waals surface area contributed by atoms with Gasteiger partial charge in [-0.25, -0.2) is 0 Å². The molecule has 2 fully saturated rings. The first-order chi connectivity index (χ1) is 5.22. The van der Waals surface area contributed by atoms with Crippen molar-refractivity contribution in [1.29, 1.82) is 0 Å². The number of quaternary nitrogens is 1. The van der Waals surface area contributed by atoms with E-state index in [2.05, 4.69) is 13.8 Å². The zero-order chi connectivity index (χ0) is 7.90. The molecule has 0 amide bonds. The third kappa shape index (κ3) is 1.20. The first kappa shape index (κ1) is 7.60. The fourth-order valence-electron chi connectivity index (χ4n) is 3.03. The quantitative estimate of drug-likeness (QED) is 0.467. The van der Waals surface area contributed by atoms with Crippen molar-refractivity contribution >= 4 is 0 Å². The Morgan fingerprint density at radius 2 is 1.36 bits per heavy atom. The first-order valence-electron chi connectivity index (χ1n) is 5.07. The SMILES string of the molecule is CC1C[N+]2(CCCC2)CC1C. The molecule has 64 valence electrons. The lowest BCUT2D eigenvalue weighted by atomic mass is 10.0. The molecule has 0 aromatic heterocycles. The summed E-state index contributed by atoms with van der Waals surface area (Å²) in [4.78, 5) is 0. The van der Waals surface area contributed by atoms with E-state index in [9.17, 15) is 0 Å². The minimum absolute atomic E-state index is 0.980. The van der Waals surface area contributed by atoms with Crippen LogP contribution < -0.4 is 0 Å². The van der Waals surface area contributed by atoms with Crippen LogP contribution >= 0.6 is 0 Å². The van der Waals surface area contributed by atoms with Gasteiger partial charge in [-0.1, -0.05) is 13.8 Å². The van der Waals surface area contributed by atoms with E-state index in [1.807, 2.05) is 0 Å². The Morgan fingerprint density at radius 1 is 0.909 bits per heavy atom. The molecule has 1 heteroatoms. The minimum Gasteiger partial charge on any atom is -0.323 e. The lowest BCUT2D eigenvalue weighted by Gasteiger charge is -2.28. The zero-order valence-corrected chi connectivity index (χ0v) is 7.84. The van der Waals surface area contributed by atoms with Gasteiger partial charge in [0.2, 0.25) is 0 Å². The summed E-state index contributed by atoms with van der Waals surface area (Å²) in [6.07, 6.45) is 2.97. The van der Waals surface area contributed by atoms with Crippen molar-refractivity contribution in [3.8, 4) is 0 Å². The summed E-state index contributed by atoms with van der Waals surface area (Å²) >= 11 is 0. The molecule has 0 aliphatic carbocycles. The van der Waals surface area contributed by atoms with Crippen LogP contribution in [-0.2, 0) is 0 Å². The molecule has 0 saturated carbocycles. The van der Waals surface area contributed by atoms with E-state index in [-0.39, 0.29) is 0 Å². The van der Waals surface area contributed by atoms with E-state index in [0.717, 1.165) is 11.8 Å². The van der Waals surface area contributed by atoms with Crippen molar-refractivity contribution in [3.05, 3.63) is 0 Å². The van der Waals surface area contributed by atoms with Crippen molar-refractivity contribution in [2.75, 3.05) is 26.2 Å². The Morgan fingerprint density at radius 3 is 1.82 bits per heavy atom. The van der Waals surface area contributed by atoms with E-state index in [4.69, 9.17) is 0 Å². The fourth-order valence-corrected chi connectivity index (χ4v) is 3.03. The molecule has 2 unspecified atom stereocenters. The van der Waals surface area contributed by atoms with E-state index < -0.39 is 0 Å². The number of hydrogen-bond acceptors (Lipinski definition) is 0. The molecule has 0 bridgehead atoms. The highest BCUT2D eigenvalue weighted by Crippen LogP contribution is 2.33. The highest BCUT2D eigenvalue weighted by molar-refractivity contribution is 4.72. The Bertz CT molecular complexity index is 135. The summed E-state index contributed by atoms with van der Waals surface area (Å²) in [5.74, 6) is 1.96. The lowest BCUT2D eigenvalue weighted by Crippen LogP contribution is -2.42. The van der Waals surface area contributed by atoms with Gasteiger partial charge in [0.15, 0.2) is 0 Å². The maximum atomic E-state index is 2.43. The number of nitrogens with zero attached hydrogens (tertiary/aromatic N) is 1. The largest absolute Gasteiger partial charge is 0.323 e. The summed E-state index contributed by atoms with van der Waals surface area (Å²) in [5, 5.41) is 0. The predicted molar refractivity (Wildman–Crippen MR) is 47.3 cm³/mol. The second-order valence-electron chi connectivity index (χ2n) is 4.82. The van der Waals surface area contributed by atoms with E-state index in [0.29, 0.717) is 0 Å². The molecule has 0 N–H and O–H groups in total. The third-order valence-corrected chi connectivity index (χ3v) is 3.84. The average molecular weight is 154 g/mol. The second-order valence-corrected chi connectivity index (χ2v) is 4.82. The van der Waals surface area contributed by atoms with Crippen LogP contribution in [0, 0.1) is 11.8 Å². The van der Waals surface area contributed by atoms with Crippen molar-refractivity contribution in [1.82, 2.24) is 0 Å². The lowest BCUT2D eigenvalue weighted by molar-refractivity contribution is -0.907. The van der Waals surface area contributed by atoms with Crippen LogP contribution in [0.25, 0.3) is 0 Å². The molecular formula is C10H20N+. The Balaban J connectivity index is 2.06. The van der Waals surface area contributed by atoms with Crippen LogP contribution in [0.1, 0.15) is 26.7 Å². The van der Waals surface area contributed by atoms with Gasteiger partial charge in [-0.2, -0.15) is 0 Å². The molecule has 11 heavy (non-hydrogen) atoms. The van der Waals surface area contributed by atoms with Gasteiger partial charge >= 0.3 is 0 Å². The van der Waals surface area contributed by atoms with Crippen molar-refractivity contribution in [2.24, 2.45) is 11.8 Å². The molecule has 1 nitrogen and oxygen atoms in total. The Kier molecular flexibility index (Phi) is 1.71. The summed E-state index contributed by atoms with van der Waals surface area (Å²) < 4.78 is 1.47. The van der Waals surface area contributed by atoms with Gasteiger partial charge in [0.25, 0.3) is 0 Å². The maximum absolute atomic E-state index is 2.43. The summed E-state index contributed by atoms with van der Waals surface area (Å²) in [6, 6.07) is 0. The van der Waals surface area contributed by atoms with Crippen LogP contribution in [0.3, 0.4) is 0 Å². The molecule has 2 aliphatic rings. The Hall–Kier alpha value is -0.0400. The van der Waals surface area contributed by atoms with Gasteiger partial charge in [0, 0.05) is 24.7 Å². The van der Waals surface area contributed by atoms with Gasteiger partial charge in [-0.05, 0) is 0 Å². The highest BCUT2D eigenvalue weighted by atomic mass is 15.4. The highest BCUT2D eigenvalue weighted by Gasteiger charge is 2.42. The van der Waals surface area contributed by atoms with Crippen molar-refractivity contribution < 1.29 is 4.48 Å². The molecular weight excluding hydrogens is 134 g/mol. The molecule has 0 aromatic rings. The van der Waals surface area contributed by atoms with Gasteiger partial charge in [0.1, 0.15) is 0 Å². The molecule has 2 atom stereocenters. The number of rotatable bonds is 0. The molecule has 0 aromatic carbocycles. The normalized spacial score (nSPS) is 42.0. The monoisotopic (exact) mass is 154 g/mol. The first-order valence-corrected chi connectivity index (χ1v) is 5.07. The van der Waals surface area contributed by atoms with Crippen LogP contribution in [0.15, 0.2) is 0 Å². The van der Waals surface area contributed by atoms with E-state index in [1.165, 1.54) is 43.5 Å². The predicted octanol–water partition coefficient (Wildman–Crippen LogP) is 1.88. The van der Waals surface area contributed by atoms with Gasteiger partial charge in [-0.15, -0.1) is 0 Å². The van der Waals surface area contributed by atoms with E-state index in [1.54, 1.807) is 0 Å². The molecule has 2 heterocycles. The third-order valence-electron chi connectivity index (χ3n) is 3.84. The molecule has 2 saturated heterocycles. The van der Waals surface area contributed by atoms with Gasteiger partial charge in [-0.3, -0.25) is 0 Å². The smallest absolute Gasteiger partial charge is 0.0817 e. The van der Waals surface area contributed by atoms with Crippen LogP contribution in [0.4, 0.5) is 0 Å². The van der Waals surface area contributed by atoms with E-state index >= 15 is 0 Å². The summed E-state index contributed by atoms with van der Waals surface area (Å²) in [6.45, 7) is 10.8. The van der Waals surface area contributed by atoms with Crippen LogP contribution in [0.5, 0.6) is 0 Å². The fraction of sp³-hybridized carbons (Fsp3) is 1.00. The second kappa shape index (κ2) is 2.48. The van der Waals surface area contributed by atoms with Gasteiger partial charge in [0.05, 0.1) is 26.2 Å². The number of hydrogen-bond donors (Lipinski definition) is 0. The molecule has 0 radical (unpaired) electrons. The van der Waals surface area contributed by atoms with Crippen LogP contribution in [0.2, 0.25) is 0 Å². The minimum atomic E-state index is 0.980. The zero-order valence-electron chi connectivity index (χ0n) is 7.84. The average Bonchev–Trinajstić information content (AvgIpc) is 2.46. The van der Waals surface area contributed by atoms with Crippen molar-refractivity contribution in [2.45, 2.75) is 26.7 Å². The van der Waals surface area contributed by atoms with Crippen molar-refractivity contribution in [3.63, 3.8) is 0 Å². The topological polar surface area (TPSA) is 0 Å². The molecule has 2 aliphatic heterocycles.